The van der Waals surface area contributed by atoms with Gasteiger partial charge in [0.25, 0.3) is 11.1 Å². The van der Waals surface area contributed by atoms with Gasteiger partial charge in [0, 0.05) is 31.9 Å². The van der Waals surface area contributed by atoms with E-state index in [2.05, 4.69) is 9.97 Å². The fourth-order valence-corrected chi connectivity index (χ4v) is 4.58. The van der Waals surface area contributed by atoms with Gasteiger partial charge < -0.3 is 18.6 Å². The van der Waals surface area contributed by atoms with Crippen LogP contribution in [0.5, 0.6) is 0 Å². The lowest BCUT2D eigenvalue weighted by molar-refractivity contribution is -0.137. The third-order valence-corrected chi connectivity index (χ3v) is 6.53. The molecule has 1 saturated heterocycles. The van der Waals surface area contributed by atoms with Gasteiger partial charge in [-0.2, -0.15) is 13.2 Å². The minimum Gasteiger partial charge on any atom is -0.447 e. The molecule has 1 amide bonds. The second-order valence-corrected chi connectivity index (χ2v) is 9.12. The molecule has 4 aromatic rings. The van der Waals surface area contributed by atoms with Gasteiger partial charge in [0.1, 0.15) is 11.8 Å². The van der Waals surface area contributed by atoms with Crippen molar-refractivity contribution >= 4 is 34.5 Å². The highest BCUT2D eigenvalue weighted by Crippen LogP contribution is 2.32. The minimum atomic E-state index is -4.39. The summed E-state index contributed by atoms with van der Waals surface area (Å²) in [6.07, 6.45) is -3.07. The van der Waals surface area contributed by atoms with Crippen LogP contribution in [0.4, 0.5) is 18.9 Å². The zero-order valence-corrected chi connectivity index (χ0v) is 19.5. The summed E-state index contributed by atoms with van der Waals surface area (Å²) in [6, 6.07) is 11.0. The number of aromatic nitrogens is 2. The Morgan fingerprint density at radius 2 is 1.89 bits per heavy atom. The first-order valence-electron chi connectivity index (χ1n) is 10.9. The van der Waals surface area contributed by atoms with Gasteiger partial charge >= 0.3 is 6.18 Å². The molecule has 1 aliphatic heterocycles. The van der Waals surface area contributed by atoms with Crippen molar-refractivity contribution in [2.75, 3.05) is 31.1 Å². The zero-order valence-electron chi connectivity index (χ0n) is 18.7. The van der Waals surface area contributed by atoms with Crippen LogP contribution in [0, 0.1) is 6.92 Å². The van der Waals surface area contributed by atoms with Crippen LogP contribution in [0.3, 0.4) is 0 Å². The summed E-state index contributed by atoms with van der Waals surface area (Å²) in [5.41, 5.74) is 2.57. The summed E-state index contributed by atoms with van der Waals surface area (Å²) in [6.45, 7) is 3.57. The number of halogens is 3. The minimum absolute atomic E-state index is 0.196. The summed E-state index contributed by atoms with van der Waals surface area (Å²) >= 11 is 1.32. The molecular formula is C24H21F3N4O3S. The lowest BCUT2D eigenvalue weighted by Gasteiger charge is -2.36. The number of alkyl halides is 3. The molecule has 0 N–H and O–H groups in total. The smallest absolute Gasteiger partial charge is 0.416 e. The predicted molar refractivity (Wildman–Crippen MR) is 124 cm³/mol. The van der Waals surface area contributed by atoms with E-state index in [4.69, 9.17) is 8.83 Å². The first-order valence-corrected chi connectivity index (χ1v) is 11.9. The van der Waals surface area contributed by atoms with Gasteiger partial charge in [-0.3, -0.25) is 4.79 Å². The van der Waals surface area contributed by atoms with Crippen molar-refractivity contribution in [3.8, 4) is 0 Å². The van der Waals surface area contributed by atoms with Crippen molar-refractivity contribution in [2.45, 2.75) is 24.1 Å². The SMILES string of the molecule is Cc1ccc2oc(SCc3nc(C(=O)N4CCN(c5cccc(C(F)(F)F)c5)CC4)co3)nc2c1. The van der Waals surface area contributed by atoms with Crippen LogP contribution in [-0.2, 0) is 11.9 Å². The number of rotatable bonds is 5. The Morgan fingerprint density at radius 3 is 2.66 bits per heavy atom. The van der Waals surface area contributed by atoms with Crippen LogP contribution in [0.15, 0.2) is 62.8 Å². The van der Waals surface area contributed by atoms with Crippen molar-refractivity contribution in [3.63, 3.8) is 0 Å². The van der Waals surface area contributed by atoms with Crippen LogP contribution in [0.1, 0.15) is 27.5 Å². The molecular weight excluding hydrogens is 481 g/mol. The van der Waals surface area contributed by atoms with Crippen LogP contribution >= 0.6 is 11.8 Å². The van der Waals surface area contributed by atoms with Gasteiger partial charge in [-0.15, -0.1) is 0 Å². The second kappa shape index (κ2) is 9.29. The molecule has 1 fully saturated rings. The third kappa shape index (κ3) is 5.14. The summed E-state index contributed by atoms with van der Waals surface area (Å²) in [5, 5.41) is 0.488. The molecule has 0 spiro atoms. The van der Waals surface area contributed by atoms with Gasteiger partial charge in [0.2, 0.25) is 5.89 Å². The maximum Gasteiger partial charge on any atom is 0.416 e. The quantitative estimate of drug-likeness (QED) is 0.338. The van der Waals surface area contributed by atoms with E-state index < -0.39 is 11.7 Å². The number of hydrogen-bond donors (Lipinski definition) is 0. The molecule has 0 atom stereocenters. The first-order chi connectivity index (χ1) is 16.8. The van der Waals surface area contributed by atoms with E-state index in [-0.39, 0.29) is 11.6 Å². The molecule has 0 saturated carbocycles. The van der Waals surface area contributed by atoms with Crippen molar-refractivity contribution in [1.29, 1.82) is 0 Å². The summed E-state index contributed by atoms with van der Waals surface area (Å²) < 4.78 is 50.2. The van der Waals surface area contributed by atoms with Gasteiger partial charge in [-0.25, -0.2) is 9.97 Å². The molecule has 11 heteroatoms. The number of carbonyl (C=O) groups excluding carboxylic acids is 1. The van der Waals surface area contributed by atoms with Crippen molar-refractivity contribution in [3.05, 3.63) is 71.4 Å². The van der Waals surface area contributed by atoms with Gasteiger partial charge in [0.15, 0.2) is 11.3 Å². The highest BCUT2D eigenvalue weighted by Gasteiger charge is 2.31. The number of fused-ring (bicyclic) bond motifs is 1. The fraction of sp³-hybridized carbons (Fsp3) is 0.292. The molecule has 35 heavy (non-hydrogen) atoms. The average Bonchev–Trinajstić information content (AvgIpc) is 3.48. The van der Waals surface area contributed by atoms with Crippen LogP contribution < -0.4 is 4.90 Å². The number of piperazine rings is 1. The highest BCUT2D eigenvalue weighted by atomic mass is 32.2. The largest absolute Gasteiger partial charge is 0.447 e. The molecule has 1 aliphatic rings. The Kier molecular flexibility index (Phi) is 6.18. The molecule has 182 valence electrons. The molecule has 0 unspecified atom stereocenters. The third-order valence-electron chi connectivity index (χ3n) is 5.72. The number of carbonyl (C=O) groups is 1. The van der Waals surface area contributed by atoms with E-state index in [0.717, 1.165) is 23.2 Å². The molecule has 2 aromatic heterocycles. The number of amides is 1. The molecule has 2 aromatic carbocycles. The van der Waals surface area contributed by atoms with Gasteiger partial charge in [0.05, 0.1) is 11.3 Å². The predicted octanol–water partition coefficient (Wildman–Crippen LogP) is 5.40. The van der Waals surface area contributed by atoms with E-state index in [1.807, 2.05) is 30.0 Å². The monoisotopic (exact) mass is 502 g/mol. The topological polar surface area (TPSA) is 75.6 Å². The molecule has 0 bridgehead atoms. The summed E-state index contributed by atoms with van der Waals surface area (Å²) in [7, 11) is 0. The van der Waals surface area contributed by atoms with Gasteiger partial charge in [-0.05, 0) is 42.8 Å². The number of aryl methyl sites for hydroxylation is 1. The lowest BCUT2D eigenvalue weighted by atomic mass is 10.1. The molecule has 0 aliphatic carbocycles. The first kappa shape index (κ1) is 23.3. The Morgan fingerprint density at radius 1 is 1.09 bits per heavy atom. The molecule has 0 radical (unpaired) electrons. The molecule has 7 nitrogen and oxygen atoms in total. The Labute approximate surface area is 202 Å². The van der Waals surface area contributed by atoms with E-state index in [9.17, 15) is 18.0 Å². The van der Waals surface area contributed by atoms with Crippen molar-refractivity contribution < 1.29 is 26.8 Å². The van der Waals surface area contributed by atoms with E-state index in [1.54, 1.807) is 11.0 Å². The number of thioether (sulfide) groups is 1. The number of anilines is 1. The Balaban J connectivity index is 1.17. The fourth-order valence-electron chi connectivity index (χ4n) is 3.89. The van der Waals surface area contributed by atoms with E-state index >= 15 is 0 Å². The number of nitrogens with zero attached hydrogens (tertiary/aromatic N) is 4. The number of benzene rings is 2. The Bertz CT molecular complexity index is 1360. The van der Waals surface area contributed by atoms with E-state index in [1.165, 1.54) is 24.1 Å². The second-order valence-electron chi connectivity index (χ2n) is 8.19. The van der Waals surface area contributed by atoms with Crippen molar-refractivity contribution in [2.24, 2.45) is 0 Å². The molecule has 3 heterocycles. The van der Waals surface area contributed by atoms with Gasteiger partial charge in [-0.1, -0.05) is 23.9 Å². The number of hydrogen-bond acceptors (Lipinski definition) is 7. The Hall–Kier alpha value is -3.47. The molecule has 5 rings (SSSR count). The standard InChI is InChI=1S/C24H21F3N4O3S/c1-15-5-6-20-18(11-15)29-23(34-20)35-14-21-28-19(13-33-21)22(32)31-9-7-30(8-10-31)17-4-2-3-16(12-17)24(25,26)27/h2-6,11-13H,7-10,14H2,1H3. The zero-order chi connectivity index (χ0) is 24.6. The normalized spacial score (nSPS) is 14.6. The maximum absolute atomic E-state index is 13.0. The van der Waals surface area contributed by atoms with Crippen LogP contribution in [0.2, 0.25) is 0 Å². The summed E-state index contributed by atoms with van der Waals surface area (Å²) in [5.74, 6) is 0.452. The van der Waals surface area contributed by atoms with Crippen molar-refractivity contribution in [1.82, 2.24) is 14.9 Å². The number of oxazole rings is 2. The van der Waals surface area contributed by atoms with Crippen LogP contribution in [-0.4, -0.2) is 47.0 Å². The highest BCUT2D eigenvalue weighted by molar-refractivity contribution is 7.98. The van der Waals surface area contributed by atoms with Crippen LogP contribution in [0.25, 0.3) is 11.1 Å². The summed E-state index contributed by atoms with van der Waals surface area (Å²) in [4.78, 5) is 25.1. The van der Waals surface area contributed by atoms with E-state index in [0.29, 0.717) is 54.3 Å². The average molecular weight is 503 g/mol. The lowest BCUT2D eigenvalue weighted by Crippen LogP contribution is -2.49. The maximum atomic E-state index is 13.0.